The Balaban J connectivity index is 1.87. The first-order valence-electron chi connectivity index (χ1n) is 10.8. The van der Waals surface area contributed by atoms with Crippen molar-refractivity contribution in [3.05, 3.63) is 29.3 Å². The quantitative estimate of drug-likeness (QED) is 0.325. The molecule has 1 fully saturated rings. The van der Waals surface area contributed by atoms with Crippen LogP contribution in [0.3, 0.4) is 0 Å². The molecule has 1 saturated carbocycles. The average Bonchev–Trinajstić information content (AvgIpc) is 2.69. The first-order valence-corrected chi connectivity index (χ1v) is 10.8. The van der Waals surface area contributed by atoms with Crippen LogP contribution >= 0.6 is 0 Å². The summed E-state index contributed by atoms with van der Waals surface area (Å²) in [6.07, 6.45) is 12.6. The number of hydrogen-bond acceptors (Lipinski definition) is 1. The first-order chi connectivity index (χ1) is 13.2. The van der Waals surface area contributed by atoms with Gasteiger partial charge in [0.1, 0.15) is 0 Å². The molecule has 2 rings (SSSR count). The number of benzene rings is 1. The Bertz CT molecular complexity index is 621. The zero-order valence-corrected chi connectivity index (χ0v) is 17.0. The predicted octanol–water partition coefficient (Wildman–Crippen LogP) is 7.27. The Morgan fingerprint density at radius 1 is 0.926 bits per heavy atom. The molecule has 0 heterocycles. The van der Waals surface area contributed by atoms with Crippen LogP contribution in [0.4, 0.5) is 8.78 Å². The molecule has 0 atom stereocenters. The monoisotopic (exact) mass is 376 g/mol. The molecular formula is C24H34F2O. The lowest BCUT2D eigenvalue weighted by molar-refractivity contribution is 0.285. The third-order valence-electron chi connectivity index (χ3n) is 5.53. The third-order valence-corrected chi connectivity index (χ3v) is 5.53. The molecule has 1 aromatic carbocycles. The number of halogens is 2. The van der Waals surface area contributed by atoms with Crippen LogP contribution in [0.2, 0.25) is 0 Å². The molecule has 0 unspecified atom stereocenters. The van der Waals surface area contributed by atoms with E-state index in [9.17, 15) is 8.78 Å². The summed E-state index contributed by atoms with van der Waals surface area (Å²) in [5, 5.41) is 0. The molecule has 1 aromatic rings. The molecule has 0 spiro atoms. The van der Waals surface area contributed by atoms with Crippen LogP contribution < -0.4 is 4.74 Å². The summed E-state index contributed by atoms with van der Waals surface area (Å²) >= 11 is 0. The van der Waals surface area contributed by atoms with Gasteiger partial charge >= 0.3 is 0 Å². The van der Waals surface area contributed by atoms with Crippen molar-refractivity contribution in [3.8, 4) is 17.6 Å². The van der Waals surface area contributed by atoms with Crippen molar-refractivity contribution >= 4 is 0 Å². The lowest BCUT2D eigenvalue weighted by Gasteiger charge is -2.25. The van der Waals surface area contributed by atoms with Gasteiger partial charge in [-0.25, -0.2) is 4.39 Å². The highest BCUT2D eigenvalue weighted by atomic mass is 19.2. The summed E-state index contributed by atoms with van der Waals surface area (Å²) in [4.78, 5) is 0. The fraction of sp³-hybridized carbons (Fsp3) is 0.667. The summed E-state index contributed by atoms with van der Waals surface area (Å²) in [5.41, 5.74) is 0.138. The smallest absolute Gasteiger partial charge is 0.201 e. The number of ether oxygens (including phenoxy) is 1. The van der Waals surface area contributed by atoms with E-state index >= 15 is 0 Å². The normalized spacial score (nSPS) is 19.4. The van der Waals surface area contributed by atoms with Crippen molar-refractivity contribution in [1.82, 2.24) is 0 Å². The maximum atomic E-state index is 14.3. The predicted molar refractivity (Wildman–Crippen MR) is 108 cm³/mol. The molecule has 1 aliphatic carbocycles. The minimum atomic E-state index is -0.916. The van der Waals surface area contributed by atoms with E-state index in [2.05, 4.69) is 25.7 Å². The van der Waals surface area contributed by atoms with Crippen LogP contribution in [0.15, 0.2) is 12.1 Å². The SMILES string of the molecule is CCCCCCOc1ccc(C#C[C@H]2CC[C@H](CCCC)CC2)c(F)c1F. The van der Waals surface area contributed by atoms with Crippen molar-refractivity contribution in [2.75, 3.05) is 6.61 Å². The molecule has 27 heavy (non-hydrogen) atoms. The minimum absolute atomic E-state index is 0.00835. The largest absolute Gasteiger partial charge is 0.490 e. The zero-order valence-electron chi connectivity index (χ0n) is 17.0. The lowest BCUT2D eigenvalue weighted by Crippen LogP contribution is -2.13. The van der Waals surface area contributed by atoms with E-state index < -0.39 is 11.6 Å². The molecule has 1 nitrogen and oxygen atoms in total. The van der Waals surface area contributed by atoms with Crippen LogP contribution in [0.5, 0.6) is 5.75 Å². The fourth-order valence-corrected chi connectivity index (χ4v) is 3.72. The maximum Gasteiger partial charge on any atom is 0.201 e. The summed E-state index contributed by atoms with van der Waals surface area (Å²) in [7, 11) is 0. The molecule has 0 bridgehead atoms. The summed E-state index contributed by atoms with van der Waals surface area (Å²) in [6, 6.07) is 3.05. The second-order valence-corrected chi connectivity index (χ2v) is 7.78. The molecular weight excluding hydrogens is 342 g/mol. The highest BCUT2D eigenvalue weighted by Crippen LogP contribution is 2.31. The van der Waals surface area contributed by atoms with Gasteiger partial charge in [-0.3, -0.25) is 0 Å². The first kappa shape index (κ1) is 21.7. The molecule has 0 aliphatic heterocycles. The van der Waals surface area contributed by atoms with Gasteiger partial charge in [-0.15, -0.1) is 0 Å². The molecule has 150 valence electrons. The highest BCUT2D eigenvalue weighted by molar-refractivity contribution is 5.41. The van der Waals surface area contributed by atoms with Crippen molar-refractivity contribution in [2.24, 2.45) is 11.8 Å². The van der Waals surface area contributed by atoms with Gasteiger partial charge in [0, 0.05) is 5.92 Å². The Kier molecular flexibility index (Phi) is 9.67. The molecule has 0 radical (unpaired) electrons. The third kappa shape index (κ3) is 7.17. The fourth-order valence-electron chi connectivity index (χ4n) is 3.72. The van der Waals surface area contributed by atoms with Crippen molar-refractivity contribution in [3.63, 3.8) is 0 Å². The van der Waals surface area contributed by atoms with Gasteiger partial charge in [-0.1, -0.05) is 64.2 Å². The minimum Gasteiger partial charge on any atom is -0.490 e. The van der Waals surface area contributed by atoms with E-state index in [0.717, 1.165) is 44.4 Å². The number of hydrogen-bond donors (Lipinski definition) is 0. The topological polar surface area (TPSA) is 9.23 Å². The van der Waals surface area contributed by atoms with E-state index in [-0.39, 0.29) is 11.3 Å². The number of rotatable bonds is 9. The average molecular weight is 377 g/mol. The van der Waals surface area contributed by atoms with E-state index in [1.54, 1.807) is 6.07 Å². The van der Waals surface area contributed by atoms with E-state index in [0.29, 0.717) is 12.5 Å². The van der Waals surface area contributed by atoms with Gasteiger partial charge < -0.3 is 4.74 Å². The Morgan fingerprint density at radius 3 is 2.37 bits per heavy atom. The molecule has 0 N–H and O–H groups in total. The lowest BCUT2D eigenvalue weighted by atomic mass is 9.80. The number of unbranched alkanes of at least 4 members (excludes halogenated alkanes) is 4. The highest BCUT2D eigenvalue weighted by Gasteiger charge is 2.19. The van der Waals surface area contributed by atoms with Gasteiger partial charge in [0.05, 0.1) is 12.2 Å². The molecule has 0 amide bonds. The van der Waals surface area contributed by atoms with Gasteiger partial charge in [0.15, 0.2) is 11.6 Å². The second-order valence-electron chi connectivity index (χ2n) is 7.78. The van der Waals surface area contributed by atoms with E-state index in [1.807, 2.05) is 0 Å². The molecule has 1 aliphatic rings. The van der Waals surface area contributed by atoms with Gasteiger partial charge in [0.25, 0.3) is 0 Å². The second kappa shape index (κ2) is 12.0. The standard InChI is InChI=1S/C24H34F2O/c1-3-5-7-8-18-27-22-17-16-21(23(25)24(22)26)15-14-20-12-10-19(11-13-20)9-6-4-2/h16-17,19-20H,3-13,18H2,1-2H3/t19-,20-. The van der Waals surface area contributed by atoms with Gasteiger partial charge in [0.2, 0.25) is 5.82 Å². The van der Waals surface area contributed by atoms with Crippen molar-refractivity contribution in [2.45, 2.75) is 84.5 Å². The summed E-state index contributed by atoms with van der Waals surface area (Å²) in [5.74, 6) is 5.36. The van der Waals surface area contributed by atoms with Gasteiger partial charge in [-0.05, 0) is 50.2 Å². The van der Waals surface area contributed by atoms with Crippen LogP contribution in [0.25, 0.3) is 0 Å². The Morgan fingerprint density at radius 2 is 1.67 bits per heavy atom. The zero-order chi connectivity index (χ0) is 19.5. The molecule has 0 aromatic heterocycles. The van der Waals surface area contributed by atoms with Crippen LogP contribution in [0.1, 0.15) is 90.0 Å². The summed E-state index contributed by atoms with van der Waals surface area (Å²) in [6.45, 7) is 4.78. The summed E-state index contributed by atoms with van der Waals surface area (Å²) < 4.78 is 33.9. The van der Waals surface area contributed by atoms with Crippen molar-refractivity contribution in [1.29, 1.82) is 0 Å². The van der Waals surface area contributed by atoms with Crippen molar-refractivity contribution < 1.29 is 13.5 Å². The van der Waals surface area contributed by atoms with Crippen LogP contribution in [0, 0.1) is 35.3 Å². The Hall–Kier alpha value is -1.56. The molecule has 0 saturated heterocycles. The Labute approximate surface area is 163 Å². The van der Waals surface area contributed by atoms with Crippen LogP contribution in [-0.2, 0) is 0 Å². The van der Waals surface area contributed by atoms with Crippen LogP contribution in [-0.4, -0.2) is 6.61 Å². The van der Waals surface area contributed by atoms with E-state index in [1.165, 1.54) is 38.2 Å². The maximum absolute atomic E-state index is 14.3. The van der Waals surface area contributed by atoms with E-state index in [4.69, 9.17) is 4.74 Å². The van der Waals surface area contributed by atoms with Gasteiger partial charge in [-0.2, -0.15) is 4.39 Å². The molecule has 3 heteroatoms.